The first-order chi connectivity index (χ1) is 16.5. The summed E-state index contributed by atoms with van der Waals surface area (Å²) in [7, 11) is 0. The normalized spacial score (nSPS) is 11.7. The second-order valence-corrected chi connectivity index (χ2v) is 7.71. The number of benzene rings is 2. The van der Waals surface area contributed by atoms with Crippen molar-refractivity contribution >= 4 is 40.2 Å². The number of aliphatic hydroxyl groups excluding tert-OH is 1. The maximum absolute atomic E-state index is 12.5. The number of amides is 2. The van der Waals surface area contributed by atoms with Crippen LogP contribution in [-0.2, 0) is 20.8 Å². The summed E-state index contributed by atoms with van der Waals surface area (Å²) < 4.78 is 10.6. The van der Waals surface area contributed by atoms with Crippen molar-refractivity contribution in [3.05, 3.63) is 71.4 Å². The van der Waals surface area contributed by atoms with Crippen LogP contribution < -0.4 is 16.0 Å². The molecule has 1 aromatic heterocycles. The van der Waals surface area contributed by atoms with Gasteiger partial charge in [0.2, 0.25) is 5.91 Å². The zero-order valence-corrected chi connectivity index (χ0v) is 19.3. The van der Waals surface area contributed by atoms with Crippen molar-refractivity contribution < 1.29 is 24.2 Å². The van der Waals surface area contributed by atoms with E-state index in [0.717, 1.165) is 16.3 Å². The molecule has 0 saturated heterocycles. The summed E-state index contributed by atoms with van der Waals surface area (Å²) in [6.45, 7) is 0.933. The van der Waals surface area contributed by atoms with Crippen LogP contribution in [0.15, 0.2) is 60.8 Å². The van der Waals surface area contributed by atoms with E-state index in [1.807, 2.05) is 42.5 Å². The molecule has 0 bridgehead atoms. The summed E-state index contributed by atoms with van der Waals surface area (Å²) in [4.78, 5) is 29.1. The molecule has 0 aliphatic heterocycles. The van der Waals surface area contributed by atoms with Gasteiger partial charge in [0.1, 0.15) is 5.82 Å². The predicted octanol–water partition coefficient (Wildman–Crippen LogP) is 3.07. The number of nitrogens with zero attached hydrogens (tertiary/aromatic N) is 1. The third-order valence-electron chi connectivity index (χ3n) is 4.76. The Morgan fingerprint density at radius 2 is 1.82 bits per heavy atom. The fraction of sp³-hybridized carbons (Fsp3) is 0.292. The van der Waals surface area contributed by atoms with Gasteiger partial charge in [-0.25, -0.2) is 9.78 Å². The van der Waals surface area contributed by atoms with Crippen LogP contribution in [0.25, 0.3) is 10.8 Å². The van der Waals surface area contributed by atoms with E-state index >= 15 is 0 Å². The molecular weight excluding hydrogens is 460 g/mol. The molecule has 9 nitrogen and oxygen atoms in total. The third-order valence-corrected chi connectivity index (χ3v) is 5.13. The molecule has 0 fully saturated rings. The van der Waals surface area contributed by atoms with E-state index in [1.165, 1.54) is 0 Å². The van der Waals surface area contributed by atoms with Crippen LogP contribution in [0.3, 0.4) is 0 Å². The molecule has 0 spiro atoms. The van der Waals surface area contributed by atoms with E-state index < -0.39 is 12.3 Å². The first kappa shape index (κ1) is 25.4. The molecule has 1 heterocycles. The number of pyridine rings is 1. The third kappa shape index (κ3) is 8.27. The number of ether oxygens (including phenoxy) is 2. The van der Waals surface area contributed by atoms with E-state index in [4.69, 9.17) is 26.2 Å². The Labute approximate surface area is 202 Å². The largest absolute Gasteiger partial charge is 0.430 e. The van der Waals surface area contributed by atoms with E-state index in [9.17, 15) is 9.59 Å². The Morgan fingerprint density at radius 3 is 2.62 bits per heavy atom. The number of carbonyl (C=O) groups is 2. The van der Waals surface area contributed by atoms with Gasteiger partial charge in [-0.3, -0.25) is 15.4 Å². The first-order valence-corrected chi connectivity index (χ1v) is 11.2. The number of hydrogen-bond acceptors (Lipinski definition) is 7. The highest BCUT2D eigenvalue weighted by Crippen LogP contribution is 2.17. The van der Waals surface area contributed by atoms with Crippen LogP contribution in [0.2, 0.25) is 5.02 Å². The molecule has 0 saturated carbocycles. The minimum absolute atomic E-state index is 0.0863. The number of halogens is 1. The Hall–Kier alpha value is -3.24. The molecule has 4 N–H and O–H groups in total. The quantitative estimate of drug-likeness (QED) is 0.229. The van der Waals surface area contributed by atoms with Gasteiger partial charge in [0.05, 0.1) is 26.2 Å². The Kier molecular flexibility index (Phi) is 10.1. The Morgan fingerprint density at radius 1 is 1.06 bits per heavy atom. The molecule has 2 amide bonds. The molecule has 34 heavy (non-hydrogen) atoms. The van der Waals surface area contributed by atoms with Crippen LogP contribution in [-0.4, -0.2) is 54.7 Å². The maximum Gasteiger partial charge on any atom is 0.414 e. The second-order valence-electron chi connectivity index (χ2n) is 7.30. The highest BCUT2D eigenvalue weighted by Gasteiger charge is 2.19. The molecule has 3 rings (SSSR count). The van der Waals surface area contributed by atoms with Crippen molar-refractivity contribution in [2.75, 3.05) is 31.7 Å². The summed E-state index contributed by atoms with van der Waals surface area (Å²) in [6.07, 6.45) is -0.137. The smallest absolute Gasteiger partial charge is 0.414 e. The summed E-state index contributed by atoms with van der Waals surface area (Å²) in [5, 5.41) is 19.5. The van der Waals surface area contributed by atoms with Crippen LogP contribution in [0.1, 0.15) is 12.0 Å². The van der Waals surface area contributed by atoms with Gasteiger partial charge in [-0.1, -0.05) is 54.1 Å². The maximum atomic E-state index is 12.5. The molecule has 180 valence electrons. The number of fused-ring (bicyclic) bond motifs is 1. The molecule has 0 aliphatic carbocycles. The number of aromatic nitrogens is 1. The second kappa shape index (κ2) is 13.5. The SMILES string of the molecule is O=C(CC(NCc1ccccc1Cl)OC(=O)Nc1cc2ccccc2cn1)NCCOCCO. The van der Waals surface area contributed by atoms with Crippen LogP contribution in [0.5, 0.6) is 0 Å². The van der Waals surface area contributed by atoms with Gasteiger partial charge >= 0.3 is 6.09 Å². The summed E-state index contributed by atoms with van der Waals surface area (Å²) in [5.74, 6) is -0.0000697. The van der Waals surface area contributed by atoms with E-state index in [-0.39, 0.29) is 38.7 Å². The van der Waals surface area contributed by atoms with Gasteiger partial charge in [0, 0.05) is 29.7 Å². The number of carbonyl (C=O) groups excluding carboxylic acids is 2. The summed E-state index contributed by atoms with van der Waals surface area (Å²) in [6, 6.07) is 16.6. The highest BCUT2D eigenvalue weighted by molar-refractivity contribution is 6.31. The van der Waals surface area contributed by atoms with Gasteiger partial charge in [0.25, 0.3) is 0 Å². The van der Waals surface area contributed by atoms with Gasteiger partial charge in [-0.15, -0.1) is 0 Å². The van der Waals surface area contributed by atoms with Crippen molar-refractivity contribution in [2.24, 2.45) is 0 Å². The summed E-state index contributed by atoms with van der Waals surface area (Å²) >= 11 is 6.21. The number of hydrogen-bond donors (Lipinski definition) is 4. The Balaban J connectivity index is 1.59. The molecular formula is C24H27ClN4O5. The van der Waals surface area contributed by atoms with E-state index in [1.54, 1.807) is 18.3 Å². The lowest BCUT2D eigenvalue weighted by molar-refractivity contribution is -0.123. The van der Waals surface area contributed by atoms with Gasteiger partial charge in [-0.05, 0) is 23.1 Å². The fourth-order valence-corrected chi connectivity index (χ4v) is 3.31. The van der Waals surface area contributed by atoms with Crippen molar-refractivity contribution in [1.82, 2.24) is 15.6 Å². The van der Waals surface area contributed by atoms with Crippen molar-refractivity contribution in [3.8, 4) is 0 Å². The van der Waals surface area contributed by atoms with Gasteiger partial charge in [0.15, 0.2) is 6.23 Å². The van der Waals surface area contributed by atoms with Crippen molar-refractivity contribution in [2.45, 2.75) is 19.2 Å². The molecule has 1 atom stereocenters. The molecule has 10 heteroatoms. The minimum Gasteiger partial charge on any atom is -0.430 e. The molecule has 0 aliphatic rings. The van der Waals surface area contributed by atoms with E-state index in [2.05, 4.69) is 20.9 Å². The predicted molar refractivity (Wildman–Crippen MR) is 129 cm³/mol. The standard InChI is InChI=1S/C24H27ClN4O5/c25-20-8-4-3-7-19(20)16-28-23(14-22(31)26-9-11-33-12-10-30)34-24(32)29-21-13-17-5-1-2-6-18(17)15-27-21/h1-8,13,15,23,28,30H,9-12,14,16H2,(H,26,31)(H,27,29,32). The number of anilines is 1. The average molecular weight is 487 g/mol. The number of aliphatic hydroxyl groups is 1. The lowest BCUT2D eigenvalue weighted by Gasteiger charge is -2.20. The fourth-order valence-electron chi connectivity index (χ4n) is 3.11. The minimum atomic E-state index is -0.921. The molecule has 2 aromatic carbocycles. The van der Waals surface area contributed by atoms with Gasteiger partial charge < -0.3 is 19.9 Å². The van der Waals surface area contributed by atoms with Crippen LogP contribution >= 0.6 is 11.6 Å². The lowest BCUT2D eigenvalue weighted by Crippen LogP contribution is -2.40. The number of rotatable bonds is 12. The zero-order valence-electron chi connectivity index (χ0n) is 18.5. The van der Waals surface area contributed by atoms with E-state index in [0.29, 0.717) is 17.4 Å². The van der Waals surface area contributed by atoms with Crippen LogP contribution in [0, 0.1) is 0 Å². The average Bonchev–Trinajstić information content (AvgIpc) is 2.83. The zero-order chi connectivity index (χ0) is 24.2. The topological polar surface area (TPSA) is 122 Å². The first-order valence-electron chi connectivity index (χ1n) is 10.8. The van der Waals surface area contributed by atoms with Gasteiger partial charge in [-0.2, -0.15) is 0 Å². The van der Waals surface area contributed by atoms with Crippen molar-refractivity contribution in [1.29, 1.82) is 0 Å². The summed E-state index contributed by atoms with van der Waals surface area (Å²) in [5.41, 5.74) is 0.798. The number of nitrogens with one attached hydrogen (secondary N) is 3. The monoisotopic (exact) mass is 486 g/mol. The molecule has 1 unspecified atom stereocenters. The molecule has 3 aromatic rings. The highest BCUT2D eigenvalue weighted by atomic mass is 35.5. The Bertz CT molecular complexity index is 1100. The van der Waals surface area contributed by atoms with Crippen molar-refractivity contribution in [3.63, 3.8) is 0 Å². The molecule has 0 radical (unpaired) electrons. The van der Waals surface area contributed by atoms with Crippen LogP contribution in [0.4, 0.5) is 10.6 Å². The lowest BCUT2D eigenvalue weighted by atomic mass is 10.2.